The van der Waals surface area contributed by atoms with Gasteiger partial charge in [-0.3, -0.25) is 4.68 Å². The van der Waals surface area contributed by atoms with Crippen LogP contribution < -0.4 is 0 Å². The summed E-state index contributed by atoms with van der Waals surface area (Å²) < 4.78 is 1.88. The molecule has 2 atom stereocenters. The number of rotatable bonds is 6. The van der Waals surface area contributed by atoms with Crippen molar-refractivity contribution in [3.8, 4) is 16.9 Å². The molecule has 4 heteroatoms. The molecule has 0 saturated heterocycles. The third-order valence-electron chi connectivity index (χ3n) is 5.68. The molecule has 3 nitrogen and oxygen atoms in total. The van der Waals surface area contributed by atoms with E-state index in [9.17, 15) is 0 Å². The van der Waals surface area contributed by atoms with Crippen molar-refractivity contribution in [2.24, 2.45) is 0 Å². The molecule has 169 valence electrons. The maximum absolute atomic E-state index is 4.49. The van der Waals surface area contributed by atoms with Crippen LogP contribution in [0.3, 0.4) is 0 Å². The number of pyridine rings is 1. The van der Waals surface area contributed by atoms with Crippen LogP contribution in [0, 0.1) is 12.1 Å². The van der Waals surface area contributed by atoms with Crippen LogP contribution in [0.4, 0.5) is 0 Å². The number of para-hydroxylation sites is 1. The average molecular weight is 602 g/mol. The largest absolute Gasteiger partial charge is 0.304 e. The number of hydrogen-bond acceptors (Lipinski definition) is 2. The van der Waals surface area contributed by atoms with Crippen molar-refractivity contribution in [1.82, 2.24) is 14.8 Å². The molecule has 4 rings (SSSR count). The molecule has 0 saturated carbocycles. The zero-order valence-corrected chi connectivity index (χ0v) is 21.6. The number of nitrogens with zero attached hydrogens (tertiary/aromatic N) is 3. The summed E-state index contributed by atoms with van der Waals surface area (Å²) in [6.45, 7) is 8.83. The molecule has 0 N–H and O–H groups in total. The Morgan fingerprint density at radius 3 is 2.06 bits per heavy atom. The van der Waals surface area contributed by atoms with Gasteiger partial charge in [0, 0.05) is 32.5 Å². The van der Waals surface area contributed by atoms with Crippen LogP contribution >= 0.6 is 0 Å². The second-order valence-electron chi connectivity index (χ2n) is 7.84. The Morgan fingerprint density at radius 1 is 0.812 bits per heavy atom. The molecule has 2 aromatic heterocycles. The van der Waals surface area contributed by atoms with Gasteiger partial charge in [-0.2, -0.15) is 29.4 Å². The second-order valence-corrected chi connectivity index (χ2v) is 7.84. The van der Waals surface area contributed by atoms with Crippen molar-refractivity contribution in [2.75, 3.05) is 0 Å². The average Bonchev–Trinajstić information content (AvgIpc) is 3.35. The van der Waals surface area contributed by atoms with Crippen LogP contribution in [-0.4, -0.2) is 14.8 Å². The molecular formula is C28H31IrN3-2. The maximum atomic E-state index is 4.49. The summed E-state index contributed by atoms with van der Waals surface area (Å²) in [5.74, 6) is 1.16. The Labute approximate surface area is 206 Å². The van der Waals surface area contributed by atoms with Crippen molar-refractivity contribution in [3.05, 3.63) is 103 Å². The Bertz CT molecular complexity index is 1030. The first-order valence-corrected chi connectivity index (χ1v) is 11.1. The van der Waals surface area contributed by atoms with E-state index >= 15 is 0 Å². The number of hydrogen-bond donors (Lipinski definition) is 0. The molecule has 32 heavy (non-hydrogen) atoms. The van der Waals surface area contributed by atoms with Crippen molar-refractivity contribution >= 4 is 0 Å². The summed E-state index contributed by atoms with van der Waals surface area (Å²) in [5.41, 5.74) is 5.63. The van der Waals surface area contributed by atoms with Crippen molar-refractivity contribution < 1.29 is 20.1 Å². The third-order valence-corrected chi connectivity index (χ3v) is 5.68. The van der Waals surface area contributed by atoms with E-state index < -0.39 is 0 Å². The van der Waals surface area contributed by atoms with Gasteiger partial charge >= 0.3 is 0 Å². The fourth-order valence-electron chi connectivity index (χ4n) is 3.13. The fraction of sp³-hybridized carbons (Fsp3) is 0.286. The van der Waals surface area contributed by atoms with Crippen molar-refractivity contribution in [1.29, 1.82) is 0 Å². The third kappa shape index (κ3) is 6.98. The van der Waals surface area contributed by atoms with Crippen molar-refractivity contribution in [2.45, 2.75) is 52.4 Å². The number of benzene rings is 2. The van der Waals surface area contributed by atoms with E-state index in [1.165, 1.54) is 11.1 Å². The van der Waals surface area contributed by atoms with Gasteiger partial charge in [-0.05, 0) is 47.2 Å². The predicted octanol–water partition coefficient (Wildman–Crippen LogP) is 7.25. The van der Waals surface area contributed by atoms with E-state index in [1.807, 2.05) is 65.6 Å². The van der Waals surface area contributed by atoms with Crippen LogP contribution in [0.25, 0.3) is 16.9 Å². The minimum absolute atomic E-state index is 0. The van der Waals surface area contributed by atoms with Gasteiger partial charge in [-0.15, -0.1) is 42.0 Å². The first-order valence-electron chi connectivity index (χ1n) is 11.1. The number of aromatic nitrogens is 3. The van der Waals surface area contributed by atoms with Gasteiger partial charge in [0.2, 0.25) is 0 Å². The topological polar surface area (TPSA) is 30.7 Å². The van der Waals surface area contributed by atoms with E-state index in [0.717, 1.165) is 29.8 Å². The van der Waals surface area contributed by atoms with Gasteiger partial charge in [-0.25, -0.2) is 0 Å². The van der Waals surface area contributed by atoms with Gasteiger partial charge in [0.25, 0.3) is 0 Å². The first-order chi connectivity index (χ1) is 15.1. The SMILES string of the molecule is CCC(C)c1ccc(-c2[c-]cccc2)nc1.CCC(C)c1cnn(-c2[c-]cccc2)c1.[Ir]. The fourth-order valence-corrected chi connectivity index (χ4v) is 3.13. The molecular weight excluding hydrogens is 571 g/mol. The minimum Gasteiger partial charge on any atom is -0.304 e. The van der Waals surface area contributed by atoms with Crippen LogP contribution in [0.5, 0.6) is 0 Å². The molecule has 0 amide bonds. The van der Waals surface area contributed by atoms with E-state index in [1.54, 1.807) is 0 Å². The van der Waals surface area contributed by atoms with Crippen LogP contribution in [0.15, 0.2) is 79.3 Å². The van der Waals surface area contributed by atoms with E-state index in [4.69, 9.17) is 0 Å². The maximum Gasteiger partial charge on any atom is 0.0528 e. The summed E-state index contributed by atoms with van der Waals surface area (Å²) in [6, 6.07) is 26.4. The Hall–Kier alpha value is -2.55. The molecule has 2 unspecified atom stereocenters. The van der Waals surface area contributed by atoms with Gasteiger partial charge in [0.1, 0.15) is 0 Å². The van der Waals surface area contributed by atoms with Crippen LogP contribution in [-0.2, 0) is 20.1 Å². The zero-order valence-electron chi connectivity index (χ0n) is 19.2. The molecule has 0 aliphatic carbocycles. The minimum atomic E-state index is 0. The monoisotopic (exact) mass is 602 g/mol. The Kier molecular flexibility index (Phi) is 10.5. The standard InChI is InChI=1S/C15H16N.C13H15N2.Ir/c1-3-12(2)14-9-10-15(16-11-14)13-7-5-4-6-8-13;1-3-11(2)12-9-14-15(10-12)13-7-5-4-6-8-13;/h4-7,9-12H,3H2,1-2H3;4-7,9-11H,3H2,1-2H3;/q2*-1;. The van der Waals surface area contributed by atoms with Gasteiger partial charge in [0.05, 0.1) is 6.20 Å². The second kappa shape index (κ2) is 13.1. The zero-order chi connectivity index (χ0) is 22.1. The summed E-state index contributed by atoms with van der Waals surface area (Å²) in [4.78, 5) is 4.49. The molecule has 4 aromatic rings. The summed E-state index contributed by atoms with van der Waals surface area (Å²) in [7, 11) is 0. The molecule has 0 aliphatic rings. The molecule has 0 aliphatic heterocycles. The van der Waals surface area contributed by atoms with Gasteiger partial charge in [-0.1, -0.05) is 39.8 Å². The van der Waals surface area contributed by atoms with E-state index in [-0.39, 0.29) is 20.1 Å². The van der Waals surface area contributed by atoms with Gasteiger partial charge in [0.15, 0.2) is 0 Å². The first kappa shape index (κ1) is 25.7. The van der Waals surface area contributed by atoms with E-state index in [2.05, 4.69) is 68.2 Å². The summed E-state index contributed by atoms with van der Waals surface area (Å²) in [5, 5.41) is 4.34. The quantitative estimate of drug-likeness (QED) is 0.218. The molecule has 0 fully saturated rings. The van der Waals surface area contributed by atoms with E-state index in [0.29, 0.717) is 11.8 Å². The van der Waals surface area contributed by atoms with Gasteiger partial charge < -0.3 is 4.98 Å². The Balaban J connectivity index is 0.000000220. The molecule has 0 bridgehead atoms. The molecule has 0 spiro atoms. The molecule has 1 radical (unpaired) electrons. The smallest absolute Gasteiger partial charge is 0.0528 e. The predicted molar refractivity (Wildman–Crippen MR) is 128 cm³/mol. The van der Waals surface area contributed by atoms with Crippen molar-refractivity contribution in [3.63, 3.8) is 0 Å². The van der Waals surface area contributed by atoms with Crippen LogP contribution in [0.1, 0.15) is 63.5 Å². The molecule has 2 heterocycles. The molecule has 2 aromatic carbocycles. The Morgan fingerprint density at radius 2 is 1.50 bits per heavy atom. The summed E-state index contributed by atoms with van der Waals surface area (Å²) in [6.07, 6.45) is 8.29. The van der Waals surface area contributed by atoms with Crippen LogP contribution in [0.2, 0.25) is 0 Å². The summed E-state index contributed by atoms with van der Waals surface area (Å²) >= 11 is 0. The normalized spacial score (nSPS) is 12.1.